The third-order valence-corrected chi connectivity index (χ3v) is 3.37. The van der Waals surface area contributed by atoms with Crippen molar-refractivity contribution >= 4 is 11.6 Å². The molecule has 0 aromatic heterocycles. The Morgan fingerprint density at radius 1 is 1.17 bits per heavy atom. The fraction of sp³-hybridized carbons (Fsp3) is 0.500. The molecule has 0 saturated carbocycles. The van der Waals surface area contributed by atoms with Crippen LogP contribution in [0.3, 0.4) is 0 Å². The highest BCUT2D eigenvalue weighted by Crippen LogP contribution is 2.24. The molecule has 2 nitrogen and oxygen atoms in total. The van der Waals surface area contributed by atoms with Crippen molar-refractivity contribution in [2.45, 2.75) is 6.42 Å². The zero-order valence-corrected chi connectivity index (χ0v) is 10.5. The Morgan fingerprint density at radius 2 is 1.83 bits per heavy atom. The van der Waals surface area contributed by atoms with E-state index in [9.17, 15) is 13.2 Å². The molecule has 1 aliphatic rings. The highest BCUT2D eigenvalue weighted by atomic mass is 35.5. The van der Waals surface area contributed by atoms with Gasteiger partial charge in [-0.15, -0.1) is 0 Å². The van der Waals surface area contributed by atoms with Crippen molar-refractivity contribution in [1.82, 2.24) is 10.2 Å². The number of piperazine rings is 1. The molecule has 18 heavy (non-hydrogen) atoms. The van der Waals surface area contributed by atoms with E-state index in [-0.39, 0.29) is 17.0 Å². The molecule has 100 valence electrons. The largest absolute Gasteiger partial charge is 0.314 e. The Bertz CT molecular complexity index is 408. The standard InChI is InChI=1S/C12H14ClF3N2/c13-9-7-10(14)12(16)8(11(9)15)1-4-18-5-2-17-3-6-18/h7,17H,1-6H2. The van der Waals surface area contributed by atoms with Crippen molar-refractivity contribution in [3.8, 4) is 0 Å². The normalized spacial score (nSPS) is 17.1. The first kappa shape index (κ1) is 13.6. The molecular formula is C12H14ClF3N2. The molecule has 1 saturated heterocycles. The van der Waals surface area contributed by atoms with Crippen LogP contribution in [-0.4, -0.2) is 37.6 Å². The van der Waals surface area contributed by atoms with E-state index in [1.54, 1.807) is 0 Å². The van der Waals surface area contributed by atoms with E-state index in [0.717, 1.165) is 26.2 Å². The molecular weight excluding hydrogens is 265 g/mol. The highest BCUT2D eigenvalue weighted by molar-refractivity contribution is 6.30. The summed E-state index contributed by atoms with van der Waals surface area (Å²) in [6, 6.07) is 0.667. The third-order valence-electron chi connectivity index (χ3n) is 3.09. The summed E-state index contributed by atoms with van der Waals surface area (Å²) < 4.78 is 40.3. The average molecular weight is 279 g/mol. The fourth-order valence-electron chi connectivity index (χ4n) is 2.05. The molecule has 1 heterocycles. The van der Waals surface area contributed by atoms with E-state index >= 15 is 0 Å². The molecule has 0 bridgehead atoms. The molecule has 2 rings (SSSR count). The van der Waals surface area contributed by atoms with Crippen molar-refractivity contribution in [2.75, 3.05) is 32.7 Å². The Hall–Kier alpha value is -0.780. The van der Waals surface area contributed by atoms with Crippen LogP contribution in [0.4, 0.5) is 13.2 Å². The number of nitrogens with one attached hydrogen (secondary N) is 1. The SMILES string of the molecule is Fc1cc(Cl)c(F)c(CCN2CCNCC2)c1F. The van der Waals surface area contributed by atoms with E-state index in [4.69, 9.17) is 11.6 Å². The van der Waals surface area contributed by atoms with Gasteiger partial charge in [-0.1, -0.05) is 11.6 Å². The van der Waals surface area contributed by atoms with Crippen molar-refractivity contribution < 1.29 is 13.2 Å². The van der Waals surface area contributed by atoms with Crippen LogP contribution in [0, 0.1) is 17.5 Å². The van der Waals surface area contributed by atoms with Gasteiger partial charge in [-0.25, -0.2) is 13.2 Å². The van der Waals surface area contributed by atoms with Crippen LogP contribution in [0.2, 0.25) is 5.02 Å². The maximum atomic E-state index is 13.6. The first-order chi connectivity index (χ1) is 8.59. The van der Waals surface area contributed by atoms with Crippen LogP contribution in [0.5, 0.6) is 0 Å². The molecule has 1 aromatic rings. The van der Waals surface area contributed by atoms with Gasteiger partial charge < -0.3 is 10.2 Å². The lowest BCUT2D eigenvalue weighted by atomic mass is 10.1. The van der Waals surface area contributed by atoms with Crippen LogP contribution in [-0.2, 0) is 6.42 Å². The maximum Gasteiger partial charge on any atom is 0.165 e. The summed E-state index contributed by atoms with van der Waals surface area (Å²) in [7, 11) is 0. The highest BCUT2D eigenvalue weighted by Gasteiger charge is 2.19. The van der Waals surface area contributed by atoms with E-state index in [0.29, 0.717) is 12.6 Å². The van der Waals surface area contributed by atoms with Gasteiger partial charge >= 0.3 is 0 Å². The Kier molecular flexibility index (Phi) is 4.48. The zero-order chi connectivity index (χ0) is 13.1. The second kappa shape index (κ2) is 5.91. The molecule has 0 atom stereocenters. The summed E-state index contributed by atoms with van der Waals surface area (Å²) in [5, 5.41) is 2.81. The van der Waals surface area contributed by atoms with Crippen LogP contribution >= 0.6 is 11.6 Å². The quantitative estimate of drug-likeness (QED) is 0.853. The first-order valence-corrected chi connectivity index (χ1v) is 6.22. The van der Waals surface area contributed by atoms with Crippen molar-refractivity contribution in [3.05, 3.63) is 34.1 Å². The average Bonchev–Trinajstić information content (AvgIpc) is 2.38. The molecule has 0 unspecified atom stereocenters. The lowest BCUT2D eigenvalue weighted by molar-refractivity contribution is 0.242. The summed E-state index contributed by atoms with van der Waals surface area (Å²) in [4.78, 5) is 2.08. The van der Waals surface area contributed by atoms with Crippen molar-refractivity contribution in [2.24, 2.45) is 0 Å². The van der Waals surface area contributed by atoms with Crippen LogP contribution in [0.1, 0.15) is 5.56 Å². The topological polar surface area (TPSA) is 15.3 Å². The minimum Gasteiger partial charge on any atom is -0.314 e. The molecule has 0 radical (unpaired) electrons. The minimum atomic E-state index is -1.13. The summed E-state index contributed by atoms with van der Waals surface area (Å²) in [6.45, 7) is 3.86. The Labute approximate surface area is 109 Å². The van der Waals surface area contributed by atoms with E-state index in [1.165, 1.54) is 0 Å². The molecule has 1 N–H and O–H groups in total. The monoisotopic (exact) mass is 278 g/mol. The number of benzene rings is 1. The van der Waals surface area contributed by atoms with E-state index < -0.39 is 17.5 Å². The Balaban J connectivity index is 2.08. The van der Waals surface area contributed by atoms with Gasteiger partial charge in [0.1, 0.15) is 5.82 Å². The van der Waals surface area contributed by atoms with Crippen LogP contribution in [0.25, 0.3) is 0 Å². The predicted molar refractivity (Wildman–Crippen MR) is 64.3 cm³/mol. The van der Waals surface area contributed by atoms with Gasteiger partial charge in [0.2, 0.25) is 0 Å². The second-order valence-electron chi connectivity index (χ2n) is 4.29. The molecule has 0 aliphatic carbocycles. The predicted octanol–water partition coefficient (Wildman–Crippen LogP) is 2.21. The van der Waals surface area contributed by atoms with Crippen LogP contribution < -0.4 is 5.32 Å². The summed E-state index contributed by atoms with van der Waals surface area (Å²) >= 11 is 5.51. The van der Waals surface area contributed by atoms with Gasteiger partial charge in [-0.3, -0.25) is 0 Å². The second-order valence-corrected chi connectivity index (χ2v) is 4.70. The van der Waals surface area contributed by atoms with E-state index in [2.05, 4.69) is 10.2 Å². The summed E-state index contributed by atoms with van der Waals surface area (Å²) in [5.41, 5.74) is -0.265. The molecule has 1 aromatic carbocycles. The fourth-order valence-corrected chi connectivity index (χ4v) is 2.26. The molecule has 0 amide bonds. The van der Waals surface area contributed by atoms with Crippen molar-refractivity contribution in [1.29, 1.82) is 0 Å². The zero-order valence-electron chi connectivity index (χ0n) is 9.78. The number of halogens is 4. The van der Waals surface area contributed by atoms with Crippen LogP contribution in [0.15, 0.2) is 6.07 Å². The summed E-state index contributed by atoms with van der Waals surface area (Å²) in [5.74, 6) is -3.09. The van der Waals surface area contributed by atoms with Gasteiger partial charge in [0.05, 0.1) is 5.02 Å². The van der Waals surface area contributed by atoms with Crippen molar-refractivity contribution in [3.63, 3.8) is 0 Å². The number of hydrogen-bond acceptors (Lipinski definition) is 2. The number of hydrogen-bond donors (Lipinski definition) is 1. The van der Waals surface area contributed by atoms with Gasteiger partial charge in [0.15, 0.2) is 11.6 Å². The minimum absolute atomic E-state index is 0.120. The smallest absolute Gasteiger partial charge is 0.165 e. The number of rotatable bonds is 3. The molecule has 1 aliphatic heterocycles. The van der Waals surface area contributed by atoms with Gasteiger partial charge in [-0.05, 0) is 12.5 Å². The lowest BCUT2D eigenvalue weighted by Crippen LogP contribution is -2.44. The molecule has 1 fully saturated rings. The lowest BCUT2D eigenvalue weighted by Gasteiger charge is -2.27. The van der Waals surface area contributed by atoms with Gasteiger partial charge in [0.25, 0.3) is 0 Å². The summed E-state index contributed by atoms with van der Waals surface area (Å²) in [6.07, 6.45) is 0.120. The molecule has 0 spiro atoms. The van der Waals surface area contributed by atoms with E-state index in [1.807, 2.05) is 0 Å². The van der Waals surface area contributed by atoms with Gasteiger partial charge in [0, 0.05) is 38.3 Å². The molecule has 6 heteroatoms. The third kappa shape index (κ3) is 2.96. The Morgan fingerprint density at radius 3 is 2.50 bits per heavy atom. The maximum absolute atomic E-state index is 13.6. The first-order valence-electron chi connectivity index (χ1n) is 5.84. The van der Waals surface area contributed by atoms with Gasteiger partial charge in [-0.2, -0.15) is 0 Å². The number of nitrogens with zero attached hydrogens (tertiary/aromatic N) is 1.